The van der Waals surface area contributed by atoms with Crippen LogP contribution in [0.4, 0.5) is 0 Å². The molecule has 0 saturated heterocycles. The molecular weight excluding hydrogens is 392 g/mol. The predicted molar refractivity (Wildman–Crippen MR) is 133 cm³/mol. The first kappa shape index (κ1) is 23.2. The van der Waals surface area contributed by atoms with Gasteiger partial charge in [-0.3, -0.25) is 0 Å². The van der Waals surface area contributed by atoms with E-state index < -0.39 is 0 Å². The second-order valence-corrected chi connectivity index (χ2v) is 8.02. The van der Waals surface area contributed by atoms with Gasteiger partial charge in [0, 0.05) is 0 Å². The Bertz CT molecular complexity index is 1010. The maximum absolute atomic E-state index is 6.12. The van der Waals surface area contributed by atoms with Crippen LogP contribution in [0.3, 0.4) is 0 Å². The third-order valence-corrected chi connectivity index (χ3v) is 5.67. The Labute approximate surface area is 192 Å². The van der Waals surface area contributed by atoms with Gasteiger partial charge in [-0.25, -0.2) is 0 Å². The zero-order chi connectivity index (χ0) is 22.7. The van der Waals surface area contributed by atoms with Crippen molar-refractivity contribution in [1.82, 2.24) is 0 Å². The third kappa shape index (κ3) is 6.28. The van der Waals surface area contributed by atoms with Crippen LogP contribution in [-0.4, -0.2) is 6.61 Å². The summed E-state index contributed by atoms with van der Waals surface area (Å²) in [5.41, 5.74) is 2.19. The molecule has 0 saturated carbocycles. The Balaban J connectivity index is 1.66. The highest BCUT2D eigenvalue weighted by Crippen LogP contribution is 2.35. The molecule has 0 bridgehead atoms. The fraction of sp³-hybridized carbons (Fsp3) is 0.267. The number of para-hydroxylation sites is 1. The van der Waals surface area contributed by atoms with Crippen LogP contribution in [0.15, 0.2) is 91.5 Å². The molecule has 1 atom stereocenters. The fourth-order valence-corrected chi connectivity index (χ4v) is 4.08. The third-order valence-electron chi connectivity index (χ3n) is 5.67. The summed E-state index contributed by atoms with van der Waals surface area (Å²) in [6.07, 6.45) is 12.8. The Morgan fingerprint density at radius 3 is 2.34 bits per heavy atom. The molecule has 3 aromatic carbocycles. The first-order chi connectivity index (χ1) is 15.7. The van der Waals surface area contributed by atoms with Crippen LogP contribution >= 0.6 is 0 Å². The van der Waals surface area contributed by atoms with Crippen LogP contribution in [0.2, 0.25) is 0 Å². The van der Waals surface area contributed by atoms with Crippen molar-refractivity contribution in [1.29, 1.82) is 0 Å². The summed E-state index contributed by atoms with van der Waals surface area (Å²) in [6.45, 7) is 6.39. The van der Waals surface area contributed by atoms with Crippen molar-refractivity contribution >= 4 is 0 Å². The highest BCUT2D eigenvalue weighted by molar-refractivity contribution is 5.38. The minimum absolute atomic E-state index is 0.260. The van der Waals surface area contributed by atoms with E-state index in [-0.39, 0.29) is 5.41 Å². The minimum Gasteiger partial charge on any atom is -0.490 e. The number of terminal acetylenes is 1. The summed E-state index contributed by atoms with van der Waals surface area (Å²) in [4.78, 5) is 0. The Morgan fingerprint density at radius 2 is 1.66 bits per heavy atom. The summed E-state index contributed by atoms with van der Waals surface area (Å²) in [7, 11) is 0. The molecular formula is C30H32O2. The van der Waals surface area contributed by atoms with Crippen LogP contribution in [-0.2, 0) is 11.8 Å². The molecule has 0 fully saturated rings. The fourth-order valence-electron chi connectivity index (χ4n) is 4.08. The number of benzene rings is 3. The molecule has 0 aliphatic rings. The van der Waals surface area contributed by atoms with Crippen molar-refractivity contribution in [3.63, 3.8) is 0 Å². The lowest BCUT2D eigenvalue weighted by Crippen LogP contribution is -2.24. The van der Waals surface area contributed by atoms with Gasteiger partial charge in [0.1, 0.15) is 23.9 Å². The second-order valence-electron chi connectivity index (χ2n) is 8.02. The smallest absolute Gasteiger partial charge is 0.127 e. The molecule has 3 rings (SSSR count). The van der Waals surface area contributed by atoms with Crippen LogP contribution in [0.5, 0.6) is 17.2 Å². The molecule has 0 heterocycles. The van der Waals surface area contributed by atoms with Crippen molar-refractivity contribution in [2.75, 3.05) is 6.61 Å². The number of hydrogen-bond acceptors (Lipinski definition) is 2. The SMILES string of the molecule is C#CC(CCC)(CCCc1cccc(Oc2ccccc2)c1)c1ccc(OCC=C)cc1. The highest BCUT2D eigenvalue weighted by Gasteiger charge is 2.28. The minimum atomic E-state index is -0.260. The maximum Gasteiger partial charge on any atom is 0.127 e. The van der Waals surface area contributed by atoms with Crippen molar-refractivity contribution in [2.24, 2.45) is 0 Å². The van der Waals surface area contributed by atoms with Gasteiger partial charge in [0.2, 0.25) is 0 Å². The molecule has 32 heavy (non-hydrogen) atoms. The van der Waals surface area contributed by atoms with E-state index in [1.54, 1.807) is 6.08 Å². The zero-order valence-electron chi connectivity index (χ0n) is 18.9. The predicted octanol–water partition coefficient (Wildman–Crippen LogP) is 7.74. The summed E-state index contributed by atoms with van der Waals surface area (Å²) in [5, 5.41) is 0. The summed E-state index contributed by atoms with van der Waals surface area (Å²) < 4.78 is 11.6. The number of ether oxygens (including phenoxy) is 2. The number of rotatable bonds is 12. The lowest BCUT2D eigenvalue weighted by atomic mass is 9.73. The van der Waals surface area contributed by atoms with Crippen LogP contribution in [0, 0.1) is 12.3 Å². The standard InChI is InChI=1S/C30H32O2/c1-4-21-30(6-3,26-17-19-27(20-18-26)31-23-5-2)22-11-13-25-12-10-16-29(24-25)32-28-14-8-7-9-15-28/h3,5,7-10,12,14-20,24H,2,4,11,13,21-23H2,1H3. The molecule has 0 aromatic heterocycles. The first-order valence-corrected chi connectivity index (χ1v) is 11.3. The van der Waals surface area contributed by atoms with E-state index >= 15 is 0 Å². The summed E-state index contributed by atoms with van der Waals surface area (Å²) >= 11 is 0. The average Bonchev–Trinajstić information content (AvgIpc) is 2.83. The van der Waals surface area contributed by atoms with Crippen LogP contribution < -0.4 is 9.47 Å². The molecule has 0 aliphatic heterocycles. The van der Waals surface area contributed by atoms with E-state index in [0.717, 1.165) is 49.4 Å². The van der Waals surface area contributed by atoms with Gasteiger partial charge in [-0.15, -0.1) is 6.42 Å². The molecule has 0 N–H and O–H groups in total. The number of hydrogen-bond donors (Lipinski definition) is 0. The molecule has 0 spiro atoms. The molecule has 0 radical (unpaired) electrons. The summed E-state index contributed by atoms with van der Waals surface area (Å²) in [5.74, 6) is 5.69. The van der Waals surface area contributed by atoms with E-state index in [2.05, 4.69) is 49.8 Å². The van der Waals surface area contributed by atoms with Gasteiger partial charge >= 0.3 is 0 Å². The van der Waals surface area contributed by atoms with Gasteiger partial charge in [-0.05, 0) is 73.2 Å². The van der Waals surface area contributed by atoms with Gasteiger partial charge in [0.25, 0.3) is 0 Å². The van der Waals surface area contributed by atoms with Gasteiger partial charge in [-0.1, -0.05) is 74.4 Å². The molecule has 2 nitrogen and oxygen atoms in total. The van der Waals surface area contributed by atoms with E-state index in [1.807, 2.05) is 48.5 Å². The normalized spacial score (nSPS) is 12.4. The van der Waals surface area contributed by atoms with Gasteiger partial charge in [0.15, 0.2) is 0 Å². The molecule has 0 aliphatic carbocycles. The lowest BCUT2D eigenvalue weighted by molar-refractivity contribution is 0.362. The number of aryl methyl sites for hydroxylation is 1. The topological polar surface area (TPSA) is 18.5 Å². The second kappa shape index (κ2) is 11.8. The summed E-state index contributed by atoms with van der Waals surface area (Å²) in [6, 6.07) is 26.4. The lowest BCUT2D eigenvalue weighted by Gasteiger charge is -2.29. The van der Waals surface area contributed by atoms with Gasteiger partial charge in [-0.2, -0.15) is 0 Å². The van der Waals surface area contributed by atoms with Gasteiger partial charge in [0.05, 0.1) is 5.41 Å². The van der Waals surface area contributed by atoms with Gasteiger partial charge < -0.3 is 9.47 Å². The molecule has 0 amide bonds. The maximum atomic E-state index is 6.12. The Morgan fingerprint density at radius 1 is 0.906 bits per heavy atom. The van der Waals surface area contributed by atoms with Crippen molar-refractivity contribution in [2.45, 2.75) is 44.4 Å². The Hall–Kier alpha value is -3.44. The molecule has 164 valence electrons. The van der Waals surface area contributed by atoms with Crippen molar-refractivity contribution < 1.29 is 9.47 Å². The van der Waals surface area contributed by atoms with Crippen molar-refractivity contribution in [3.05, 3.63) is 103 Å². The zero-order valence-corrected chi connectivity index (χ0v) is 18.9. The van der Waals surface area contributed by atoms with Crippen molar-refractivity contribution in [3.8, 4) is 29.6 Å². The monoisotopic (exact) mass is 424 g/mol. The van der Waals surface area contributed by atoms with Crippen LogP contribution in [0.25, 0.3) is 0 Å². The molecule has 2 heteroatoms. The van der Waals surface area contributed by atoms with Crippen LogP contribution in [0.1, 0.15) is 43.7 Å². The quantitative estimate of drug-likeness (QED) is 0.219. The van der Waals surface area contributed by atoms with E-state index in [9.17, 15) is 0 Å². The average molecular weight is 425 g/mol. The van der Waals surface area contributed by atoms with E-state index in [4.69, 9.17) is 15.9 Å². The largest absolute Gasteiger partial charge is 0.490 e. The van der Waals surface area contributed by atoms with E-state index in [0.29, 0.717) is 6.61 Å². The van der Waals surface area contributed by atoms with E-state index in [1.165, 1.54) is 11.1 Å². The Kier molecular flexibility index (Phi) is 8.58. The molecule has 3 aromatic rings. The first-order valence-electron chi connectivity index (χ1n) is 11.3. The highest BCUT2D eigenvalue weighted by atomic mass is 16.5. The molecule has 1 unspecified atom stereocenters.